The highest BCUT2D eigenvalue weighted by atomic mass is 19.1. The van der Waals surface area contributed by atoms with E-state index in [2.05, 4.69) is 31.2 Å². The average molecular weight is 363 g/mol. The van der Waals surface area contributed by atoms with Gasteiger partial charge in [-0.05, 0) is 110 Å². The van der Waals surface area contributed by atoms with Crippen molar-refractivity contribution in [2.24, 2.45) is 5.92 Å². The Morgan fingerprint density at radius 2 is 1.30 bits per heavy atom. The summed E-state index contributed by atoms with van der Waals surface area (Å²) in [4.78, 5) is 0. The molecule has 0 bridgehead atoms. The van der Waals surface area contributed by atoms with Crippen LogP contribution in [0.4, 0.5) is 4.39 Å². The molecule has 0 aliphatic heterocycles. The number of aryl methyl sites for hydroxylation is 1. The van der Waals surface area contributed by atoms with E-state index in [-0.39, 0.29) is 5.82 Å². The number of halogens is 1. The van der Waals surface area contributed by atoms with Gasteiger partial charge in [-0.25, -0.2) is 4.39 Å². The Labute approximate surface area is 164 Å². The Morgan fingerprint density at radius 3 is 1.93 bits per heavy atom. The van der Waals surface area contributed by atoms with Gasteiger partial charge < -0.3 is 0 Å². The molecule has 0 heterocycles. The van der Waals surface area contributed by atoms with Crippen LogP contribution in [0.5, 0.6) is 0 Å². The molecule has 2 aromatic rings. The van der Waals surface area contributed by atoms with Gasteiger partial charge in [-0.1, -0.05) is 43.3 Å². The maximum atomic E-state index is 13.8. The zero-order chi connectivity index (χ0) is 18.8. The van der Waals surface area contributed by atoms with Gasteiger partial charge in [0.2, 0.25) is 0 Å². The van der Waals surface area contributed by atoms with Crippen LogP contribution in [0.2, 0.25) is 0 Å². The molecule has 2 aromatic carbocycles. The van der Waals surface area contributed by atoms with E-state index in [4.69, 9.17) is 0 Å². The van der Waals surface area contributed by atoms with Crippen molar-refractivity contribution in [2.45, 2.75) is 71.1 Å². The van der Waals surface area contributed by atoms with Crippen LogP contribution in [0, 0.1) is 30.5 Å². The third-order valence-electron chi connectivity index (χ3n) is 6.93. The molecule has 2 aliphatic carbocycles. The highest BCUT2D eigenvalue weighted by Crippen LogP contribution is 2.45. The van der Waals surface area contributed by atoms with Crippen molar-refractivity contribution in [3.8, 4) is 11.1 Å². The second kappa shape index (κ2) is 8.17. The number of benzene rings is 2. The Kier molecular flexibility index (Phi) is 5.66. The molecular weight excluding hydrogens is 331 g/mol. The van der Waals surface area contributed by atoms with E-state index in [0.29, 0.717) is 11.5 Å². The van der Waals surface area contributed by atoms with Gasteiger partial charge in [0.05, 0.1) is 0 Å². The van der Waals surface area contributed by atoms with Gasteiger partial charge in [0.15, 0.2) is 0 Å². The molecule has 2 radical (unpaired) electrons. The lowest BCUT2D eigenvalue weighted by Crippen LogP contribution is -2.22. The molecule has 1 heteroatoms. The van der Waals surface area contributed by atoms with Crippen molar-refractivity contribution in [2.75, 3.05) is 0 Å². The lowest BCUT2D eigenvalue weighted by Gasteiger charge is -2.37. The maximum absolute atomic E-state index is 13.8. The predicted octanol–water partition coefficient (Wildman–Crippen LogP) is 7.82. The zero-order valence-corrected chi connectivity index (χ0v) is 16.7. The monoisotopic (exact) mass is 362 g/mol. The summed E-state index contributed by atoms with van der Waals surface area (Å²) in [7, 11) is 0. The molecule has 0 saturated heterocycles. The van der Waals surface area contributed by atoms with Gasteiger partial charge in [0, 0.05) is 0 Å². The van der Waals surface area contributed by atoms with Crippen LogP contribution in [0.1, 0.15) is 75.3 Å². The Morgan fingerprint density at radius 1 is 0.704 bits per heavy atom. The van der Waals surface area contributed by atoms with Crippen LogP contribution in [0.15, 0.2) is 42.5 Å². The predicted molar refractivity (Wildman–Crippen MR) is 112 cm³/mol. The molecule has 27 heavy (non-hydrogen) atoms. The molecule has 2 aliphatic rings. The van der Waals surface area contributed by atoms with Crippen molar-refractivity contribution < 1.29 is 4.39 Å². The number of hydrogen-bond acceptors (Lipinski definition) is 0. The number of hydrogen-bond donors (Lipinski definition) is 0. The summed E-state index contributed by atoms with van der Waals surface area (Å²) < 4.78 is 13.8. The molecule has 0 nitrogen and oxygen atoms in total. The molecule has 0 amide bonds. The smallest absolute Gasteiger partial charge is 0.126 e. The van der Waals surface area contributed by atoms with Crippen molar-refractivity contribution in [1.82, 2.24) is 0 Å². The van der Waals surface area contributed by atoms with E-state index < -0.39 is 0 Å². The Bertz CT molecular complexity index is 744. The molecular formula is C26H31F. The van der Waals surface area contributed by atoms with Crippen molar-refractivity contribution in [1.29, 1.82) is 0 Å². The fraction of sp³-hybridized carbons (Fsp3) is 0.462. The first-order valence-corrected chi connectivity index (χ1v) is 10.6. The first kappa shape index (κ1) is 18.7. The summed E-state index contributed by atoms with van der Waals surface area (Å²) in [5.74, 6) is 5.02. The topological polar surface area (TPSA) is 0 Å². The molecule has 4 rings (SSSR count). The van der Waals surface area contributed by atoms with E-state index in [1.165, 1.54) is 56.9 Å². The highest BCUT2D eigenvalue weighted by molar-refractivity contribution is 5.64. The molecule has 0 N–H and O–H groups in total. The van der Waals surface area contributed by atoms with Crippen LogP contribution in [0.3, 0.4) is 0 Å². The zero-order valence-electron chi connectivity index (χ0n) is 16.7. The van der Waals surface area contributed by atoms with Crippen LogP contribution in [-0.2, 0) is 0 Å². The third kappa shape index (κ3) is 4.28. The molecule has 0 unspecified atom stereocenters. The normalized spacial score (nSPS) is 20.9. The number of rotatable bonds is 3. The molecule has 2 fully saturated rings. The van der Waals surface area contributed by atoms with Gasteiger partial charge >= 0.3 is 0 Å². The maximum Gasteiger partial charge on any atom is 0.126 e. The lowest BCUT2D eigenvalue weighted by atomic mass is 9.68. The second-order valence-corrected chi connectivity index (χ2v) is 8.75. The van der Waals surface area contributed by atoms with E-state index in [1.807, 2.05) is 25.0 Å². The van der Waals surface area contributed by atoms with Crippen LogP contribution >= 0.6 is 0 Å². The van der Waals surface area contributed by atoms with Gasteiger partial charge in [-0.3, -0.25) is 0 Å². The van der Waals surface area contributed by atoms with Gasteiger partial charge in [0.1, 0.15) is 5.82 Å². The van der Waals surface area contributed by atoms with E-state index >= 15 is 0 Å². The second-order valence-electron chi connectivity index (χ2n) is 8.75. The molecule has 0 atom stereocenters. The first-order valence-electron chi connectivity index (χ1n) is 10.6. The van der Waals surface area contributed by atoms with Crippen LogP contribution in [-0.4, -0.2) is 0 Å². The van der Waals surface area contributed by atoms with E-state index in [1.54, 1.807) is 12.0 Å². The summed E-state index contributed by atoms with van der Waals surface area (Å²) in [5, 5.41) is 0. The van der Waals surface area contributed by atoms with Gasteiger partial charge in [-0.15, -0.1) is 0 Å². The Hall–Kier alpha value is -1.63. The van der Waals surface area contributed by atoms with Crippen LogP contribution in [0.25, 0.3) is 11.1 Å². The average Bonchev–Trinajstić information content (AvgIpc) is 2.71. The highest BCUT2D eigenvalue weighted by Gasteiger charge is 2.30. The standard InChI is InChI=1S/C26H31F/c1-18-3-6-20(7-4-18)21-9-11-22(12-10-21)23-13-15-24(16-14-23)25-8-5-19(2)26(27)17-25/h5,8,13-17,20,22H,3-4,6-7,9-12H2,1-2H3. The molecule has 2 saturated carbocycles. The lowest BCUT2D eigenvalue weighted by molar-refractivity contribution is 0.324. The molecule has 0 aromatic heterocycles. The summed E-state index contributed by atoms with van der Waals surface area (Å²) in [5.41, 5.74) is 4.23. The SMILES string of the molecule is C[C]1CCC([C]2CCC(c3ccc(-c4ccc(C)c(F)c4)cc3)CC2)CC1. The summed E-state index contributed by atoms with van der Waals surface area (Å²) >= 11 is 0. The van der Waals surface area contributed by atoms with E-state index in [9.17, 15) is 4.39 Å². The quantitative estimate of drug-likeness (QED) is 0.522. The van der Waals surface area contributed by atoms with Crippen molar-refractivity contribution in [3.63, 3.8) is 0 Å². The Balaban J connectivity index is 1.36. The largest absolute Gasteiger partial charge is 0.207 e. The molecule has 142 valence electrons. The summed E-state index contributed by atoms with van der Waals surface area (Å²) in [6.45, 7) is 4.13. The van der Waals surface area contributed by atoms with Gasteiger partial charge in [0.25, 0.3) is 0 Å². The van der Waals surface area contributed by atoms with Crippen LogP contribution < -0.4 is 0 Å². The first-order chi connectivity index (χ1) is 13.1. The minimum absolute atomic E-state index is 0.123. The van der Waals surface area contributed by atoms with Crippen molar-refractivity contribution >= 4 is 0 Å². The van der Waals surface area contributed by atoms with E-state index in [0.717, 1.165) is 17.0 Å². The third-order valence-corrected chi connectivity index (χ3v) is 6.93. The summed E-state index contributed by atoms with van der Waals surface area (Å²) in [6, 6.07) is 14.4. The van der Waals surface area contributed by atoms with Gasteiger partial charge in [-0.2, -0.15) is 0 Å². The summed E-state index contributed by atoms with van der Waals surface area (Å²) in [6.07, 6.45) is 10.7. The minimum Gasteiger partial charge on any atom is -0.207 e. The minimum atomic E-state index is -0.123. The molecule has 0 spiro atoms. The fourth-order valence-electron chi connectivity index (χ4n) is 4.97. The van der Waals surface area contributed by atoms with Crippen molar-refractivity contribution in [3.05, 3.63) is 71.2 Å². The fourth-order valence-corrected chi connectivity index (χ4v) is 4.97.